The first-order chi connectivity index (χ1) is 15.2. The lowest BCUT2D eigenvalue weighted by atomic mass is 10.2. The highest BCUT2D eigenvalue weighted by atomic mass is 32.2. The van der Waals surface area contributed by atoms with Crippen molar-refractivity contribution in [1.82, 2.24) is 4.98 Å². The van der Waals surface area contributed by atoms with Crippen LogP contribution in [0.15, 0.2) is 83.9 Å². The summed E-state index contributed by atoms with van der Waals surface area (Å²) in [5.74, 6) is 0.157. The molecule has 3 aromatic carbocycles. The summed E-state index contributed by atoms with van der Waals surface area (Å²) in [4.78, 5) is 31.7. The Balaban J connectivity index is 1.31. The van der Waals surface area contributed by atoms with Gasteiger partial charge in [0.15, 0.2) is 0 Å². The molecule has 0 radical (unpaired) electrons. The summed E-state index contributed by atoms with van der Waals surface area (Å²) in [6.45, 7) is 0.710. The van der Waals surface area contributed by atoms with Crippen molar-refractivity contribution >= 4 is 45.9 Å². The van der Waals surface area contributed by atoms with Crippen molar-refractivity contribution in [2.45, 2.75) is 11.3 Å². The number of nitrogens with zero attached hydrogens (tertiary/aromatic N) is 1. The molecule has 0 spiro atoms. The summed E-state index contributed by atoms with van der Waals surface area (Å²) >= 11 is 1.40. The fourth-order valence-electron chi connectivity index (χ4n) is 3.98. The molecule has 154 valence electrons. The summed E-state index contributed by atoms with van der Waals surface area (Å²) in [7, 11) is 0. The molecule has 1 aromatic heterocycles. The molecule has 1 aliphatic heterocycles. The van der Waals surface area contributed by atoms with Crippen molar-refractivity contribution in [3.8, 4) is 0 Å². The van der Waals surface area contributed by atoms with Crippen LogP contribution in [0.3, 0.4) is 0 Å². The number of aromatic amines is 1. The van der Waals surface area contributed by atoms with Crippen LogP contribution >= 0.6 is 11.8 Å². The molecule has 2 heterocycles. The molecule has 4 aromatic rings. The number of carbonyl (C=O) groups is 2. The Bertz CT molecular complexity index is 1280. The molecule has 0 fully saturated rings. The summed E-state index contributed by atoms with van der Waals surface area (Å²) in [6, 6.07) is 23.2. The van der Waals surface area contributed by atoms with Crippen molar-refractivity contribution < 1.29 is 9.59 Å². The van der Waals surface area contributed by atoms with E-state index in [-0.39, 0.29) is 17.6 Å². The third-order valence-corrected chi connectivity index (χ3v) is 6.57. The molecule has 2 amide bonds. The Labute approximate surface area is 184 Å². The van der Waals surface area contributed by atoms with Gasteiger partial charge in [0.05, 0.1) is 17.0 Å². The molecule has 0 atom stereocenters. The van der Waals surface area contributed by atoms with E-state index in [0.717, 1.165) is 33.6 Å². The number of thioether (sulfide) groups is 1. The van der Waals surface area contributed by atoms with E-state index in [4.69, 9.17) is 0 Å². The van der Waals surface area contributed by atoms with Crippen molar-refractivity contribution in [2.75, 3.05) is 22.5 Å². The largest absolute Gasteiger partial charge is 0.361 e. The van der Waals surface area contributed by atoms with Crippen LogP contribution in [0.25, 0.3) is 10.9 Å². The minimum absolute atomic E-state index is 0.0576. The average Bonchev–Trinajstić information content (AvgIpc) is 3.45. The Morgan fingerprint density at radius 1 is 0.968 bits per heavy atom. The Morgan fingerprint density at radius 3 is 2.74 bits per heavy atom. The minimum atomic E-state index is -0.184. The van der Waals surface area contributed by atoms with Crippen molar-refractivity contribution in [3.05, 3.63) is 90.1 Å². The topological polar surface area (TPSA) is 65.2 Å². The van der Waals surface area contributed by atoms with Gasteiger partial charge in [-0.2, -0.15) is 0 Å². The number of anilines is 2. The van der Waals surface area contributed by atoms with Gasteiger partial charge >= 0.3 is 0 Å². The molecule has 0 saturated carbocycles. The number of fused-ring (bicyclic) bond motifs is 2. The average molecular weight is 428 g/mol. The van der Waals surface area contributed by atoms with Crippen LogP contribution in [0.1, 0.15) is 15.9 Å². The van der Waals surface area contributed by atoms with Crippen LogP contribution in [0.5, 0.6) is 0 Å². The minimum Gasteiger partial charge on any atom is -0.361 e. The van der Waals surface area contributed by atoms with E-state index >= 15 is 0 Å². The van der Waals surface area contributed by atoms with Crippen molar-refractivity contribution in [3.63, 3.8) is 0 Å². The van der Waals surface area contributed by atoms with Crippen molar-refractivity contribution in [2.24, 2.45) is 0 Å². The number of para-hydroxylation sites is 1. The van der Waals surface area contributed by atoms with Crippen molar-refractivity contribution in [1.29, 1.82) is 0 Å². The van der Waals surface area contributed by atoms with Crippen LogP contribution in [0, 0.1) is 0 Å². The second-order valence-electron chi connectivity index (χ2n) is 7.41. The second kappa shape index (κ2) is 8.32. The number of H-pyrrole nitrogens is 1. The van der Waals surface area contributed by atoms with Gasteiger partial charge in [-0.05, 0) is 48.4 Å². The predicted octanol–water partition coefficient (Wildman–Crippen LogP) is 5.10. The van der Waals surface area contributed by atoms with Gasteiger partial charge in [0.2, 0.25) is 5.91 Å². The highest BCUT2D eigenvalue weighted by Crippen LogP contribution is 2.30. The third kappa shape index (κ3) is 3.82. The number of aromatic nitrogens is 1. The first kappa shape index (κ1) is 19.5. The number of nitrogens with one attached hydrogen (secondary N) is 2. The van der Waals surface area contributed by atoms with Gasteiger partial charge < -0.3 is 15.2 Å². The molecule has 0 bridgehead atoms. The smallest absolute Gasteiger partial charge is 0.256 e. The van der Waals surface area contributed by atoms with E-state index in [2.05, 4.69) is 16.4 Å². The lowest BCUT2D eigenvalue weighted by Crippen LogP contribution is -2.30. The van der Waals surface area contributed by atoms with E-state index in [9.17, 15) is 9.59 Å². The molecule has 5 rings (SSSR count). The van der Waals surface area contributed by atoms with Gasteiger partial charge in [0, 0.05) is 34.2 Å². The van der Waals surface area contributed by atoms with Crippen LogP contribution < -0.4 is 10.2 Å². The molecule has 5 nitrogen and oxygen atoms in total. The quantitative estimate of drug-likeness (QED) is 0.436. The monoisotopic (exact) mass is 427 g/mol. The number of amides is 2. The zero-order valence-corrected chi connectivity index (χ0v) is 17.6. The van der Waals surface area contributed by atoms with E-state index in [1.165, 1.54) is 17.3 Å². The molecule has 2 N–H and O–H groups in total. The van der Waals surface area contributed by atoms with Gasteiger partial charge in [-0.3, -0.25) is 9.59 Å². The van der Waals surface area contributed by atoms with Gasteiger partial charge in [-0.1, -0.05) is 36.4 Å². The normalized spacial score (nSPS) is 12.7. The van der Waals surface area contributed by atoms with Gasteiger partial charge in [-0.15, -0.1) is 11.8 Å². The lowest BCUT2D eigenvalue weighted by Gasteiger charge is -2.17. The number of benzene rings is 3. The summed E-state index contributed by atoms with van der Waals surface area (Å²) in [5, 5.41) is 3.98. The first-order valence-corrected chi connectivity index (χ1v) is 11.2. The molecule has 0 unspecified atom stereocenters. The van der Waals surface area contributed by atoms with Gasteiger partial charge in [-0.25, -0.2) is 0 Å². The molecular weight excluding hydrogens is 406 g/mol. The highest BCUT2D eigenvalue weighted by Gasteiger charge is 2.24. The Morgan fingerprint density at radius 2 is 1.81 bits per heavy atom. The number of hydrogen-bond donors (Lipinski definition) is 2. The fourth-order valence-corrected chi connectivity index (χ4v) is 4.90. The molecule has 31 heavy (non-hydrogen) atoms. The first-order valence-electron chi connectivity index (χ1n) is 10.2. The van der Waals surface area contributed by atoms with Gasteiger partial charge in [0.25, 0.3) is 5.91 Å². The van der Waals surface area contributed by atoms with E-state index in [1.54, 1.807) is 6.07 Å². The maximum Gasteiger partial charge on any atom is 0.256 e. The molecule has 1 aliphatic rings. The fraction of sp³-hybridized carbons (Fsp3) is 0.120. The molecule has 0 saturated heterocycles. The summed E-state index contributed by atoms with van der Waals surface area (Å²) in [6.07, 6.45) is 2.74. The lowest BCUT2D eigenvalue weighted by molar-refractivity contribution is -0.116. The molecular formula is C25H21N3O2S. The van der Waals surface area contributed by atoms with Crippen LogP contribution in [-0.2, 0) is 11.2 Å². The predicted molar refractivity (Wildman–Crippen MR) is 126 cm³/mol. The Hall–Kier alpha value is -3.51. The Kier molecular flexibility index (Phi) is 5.22. The van der Waals surface area contributed by atoms with E-state index in [1.807, 2.05) is 71.8 Å². The summed E-state index contributed by atoms with van der Waals surface area (Å²) < 4.78 is 0. The third-order valence-electron chi connectivity index (χ3n) is 5.51. The maximum atomic E-state index is 13.0. The SMILES string of the molecule is O=C(Nc1cccc2[nH]ccc12)c1ccccc1SCC(=O)N1CCc2ccccc21. The van der Waals surface area contributed by atoms with Gasteiger partial charge in [0.1, 0.15) is 0 Å². The highest BCUT2D eigenvalue weighted by molar-refractivity contribution is 8.00. The zero-order valence-electron chi connectivity index (χ0n) is 16.8. The number of rotatable bonds is 5. The maximum absolute atomic E-state index is 13.0. The molecule has 0 aliphatic carbocycles. The number of carbonyl (C=O) groups excluding carboxylic acids is 2. The second-order valence-corrected chi connectivity index (χ2v) is 8.42. The summed E-state index contributed by atoms with van der Waals surface area (Å²) in [5.41, 5.74) is 4.50. The molecule has 6 heteroatoms. The van der Waals surface area contributed by atoms with Crippen LogP contribution in [0.2, 0.25) is 0 Å². The van der Waals surface area contributed by atoms with Crippen LogP contribution in [0.4, 0.5) is 11.4 Å². The zero-order chi connectivity index (χ0) is 21.2. The van der Waals surface area contributed by atoms with Crippen LogP contribution in [-0.4, -0.2) is 29.1 Å². The standard InChI is InChI=1S/C25H21N3O2S/c29-24(28-15-13-17-6-1-3-10-22(17)28)16-31-23-11-4-2-7-19(23)25(30)27-21-9-5-8-20-18(21)12-14-26-20/h1-12,14,26H,13,15-16H2,(H,27,30). The number of hydrogen-bond acceptors (Lipinski definition) is 3. The van der Waals surface area contributed by atoms with E-state index in [0.29, 0.717) is 12.1 Å². The van der Waals surface area contributed by atoms with E-state index < -0.39 is 0 Å².